The van der Waals surface area contributed by atoms with E-state index in [9.17, 15) is 5.11 Å². The molecule has 0 spiro atoms. The second-order valence-electron chi connectivity index (χ2n) is 3.57. The van der Waals surface area contributed by atoms with Crippen LogP contribution in [0.4, 0.5) is 0 Å². The summed E-state index contributed by atoms with van der Waals surface area (Å²) < 4.78 is 1.09. The smallest absolute Gasteiger partial charge is 0.0499 e. The fourth-order valence-electron chi connectivity index (χ4n) is 1.57. The Kier molecular flexibility index (Phi) is 6.37. The molecule has 0 saturated heterocycles. The van der Waals surface area contributed by atoms with Gasteiger partial charge in [-0.1, -0.05) is 28.1 Å². The molecule has 0 aliphatic carbocycles. The number of aliphatic hydroxyl groups excluding tert-OH is 1. The van der Waals surface area contributed by atoms with Gasteiger partial charge in [0, 0.05) is 17.0 Å². The van der Waals surface area contributed by atoms with Gasteiger partial charge in [0.2, 0.25) is 0 Å². The molecule has 0 bridgehead atoms. The molecule has 1 aromatic rings. The van der Waals surface area contributed by atoms with Crippen molar-refractivity contribution in [2.24, 2.45) is 0 Å². The Morgan fingerprint density at radius 3 is 2.53 bits per heavy atom. The van der Waals surface area contributed by atoms with Crippen LogP contribution in [-0.4, -0.2) is 23.7 Å². The van der Waals surface area contributed by atoms with E-state index < -0.39 is 0 Å². The molecule has 1 rings (SSSR count). The second-order valence-corrected chi connectivity index (χ2v) is 5.47. The van der Waals surface area contributed by atoms with E-state index in [0.717, 1.165) is 10.9 Å². The molecule has 3 heteroatoms. The molecule has 84 valence electrons. The van der Waals surface area contributed by atoms with Crippen molar-refractivity contribution in [3.63, 3.8) is 0 Å². The Balaban J connectivity index is 2.53. The molecule has 15 heavy (non-hydrogen) atoms. The van der Waals surface area contributed by atoms with Crippen molar-refractivity contribution in [3.8, 4) is 0 Å². The summed E-state index contributed by atoms with van der Waals surface area (Å²) in [4.78, 5) is 0. The molecule has 1 aromatic carbocycles. The molecule has 0 fully saturated rings. The highest BCUT2D eigenvalue weighted by Crippen LogP contribution is 2.23. The SMILES string of the molecule is CSCCCC(CO)c1ccc(Br)cc1. The molecular weight excluding hydrogens is 272 g/mol. The Morgan fingerprint density at radius 2 is 2.00 bits per heavy atom. The number of thioether (sulfide) groups is 1. The third-order valence-corrected chi connectivity index (χ3v) is 3.69. The second kappa shape index (κ2) is 7.31. The average Bonchev–Trinajstić information content (AvgIpc) is 2.26. The molecule has 0 amide bonds. The van der Waals surface area contributed by atoms with Crippen LogP contribution in [0, 0.1) is 0 Å². The van der Waals surface area contributed by atoms with Crippen LogP contribution in [0.3, 0.4) is 0 Å². The molecule has 0 heterocycles. The molecule has 0 radical (unpaired) electrons. The molecule has 1 nitrogen and oxygen atoms in total. The van der Waals surface area contributed by atoms with Gasteiger partial charge in [0.05, 0.1) is 0 Å². The van der Waals surface area contributed by atoms with E-state index in [1.807, 2.05) is 23.9 Å². The van der Waals surface area contributed by atoms with Gasteiger partial charge in [0.15, 0.2) is 0 Å². The molecule has 1 unspecified atom stereocenters. The molecule has 1 N–H and O–H groups in total. The van der Waals surface area contributed by atoms with Crippen LogP contribution in [0.2, 0.25) is 0 Å². The van der Waals surface area contributed by atoms with Crippen molar-refractivity contribution < 1.29 is 5.11 Å². The summed E-state index contributed by atoms with van der Waals surface area (Å²) in [5, 5.41) is 9.33. The standard InChI is InChI=1S/C12H17BrOS/c1-15-8-2-3-11(9-14)10-4-6-12(13)7-5-10/h4-7,11,14H,2-3,8-9H2,1H3. The number of hydrogen-bond donors (Lipinski definition) is 1. The zero-order valence-electron chi connectivity index (χ0n) is 8.95. The van der Waals surface area contributed by atoms with Crippen LogP contribution >= 0.6 is 27.7 Å². The van der Waals surface area contributed by atoms with Crippen LogP contribution in [-0.2, 0) is 0 Å². The first-order valence-electron chi connectivity index (χ1n) is 5.13. The van der Waals surface area contributed by atoms with Crippen LogP contribution in [0.25, 0.3) is 0 Å². The highest BCUT2D eigenvalue weighted by molar-refractivity contribution is 9.10. The largest absolute Gasteiger partial charge is 0.396 e. The summed E-state index contributed by atoms with van der Waals surface area (Å²) in [6.07, 6.45) is 4.36. The van der Waals surface area contributed by atoms with Gasteiger partial charge in [-0.25, -0.2) is 0 Å². The van der Waals surface area contributed by atoms with Gasteiger partial charge in [-0.15, -0.1) is 0 Å². The van der Waals surface area contributed by atoms with Gasteiger partial charge in [-0.3, -0.25) is 0 Å². The highest BCUT2D eigenvalue weighted by Gasteiger charge is 2.09. The maximum atomic E-state index is 9.33. The lowest BCUT2D eigenvalue weighted by atomic mass is 9.95. The highest BCUT2D eigenvalue weighted by atomic mass is 79.9. The summed E-state index contributed by atoms with van der Waals surface area (Å²) in [6, 6.07) is 8.24. The minimum atomic E-state index is 0.246. The van der Waals surface area contributed by atoms with Crippen LogP contribution < -0.4 is 0 Å². The van der Waals surface area contributed by atoms with Crippen LogP contribution in [0.1, 0.15) is 24.3 Å². The van der Waals surface area contributed by atoms with Crippen molar-refractivity contribution in [2.45, 2.75) is 18.8 Å². The van der Waals surface area contributed by atoms with Gasteiger partial charge in [-0.2, -0.15) is 11.8 Å². The molecule has 0 aliphatic heterocycles. The lowest BCUT2D eigenvalue weighted by Gasteiger charge is -2.14. The first-order chi connectivity index (χ1) is 7.27. The van der Waals surface area contributed by atoms with Gasteiger partial charge in [0.25, 0.3) is 0 Å². The number of benzene rings is 1. The normalized spacial score (nSPS) is 12.7. The van der Waals surface area contributed by atoms with Crippen LogP contribution in [0.5, 0.6) is 0 Å². The quantitative estimate of drug-likeness (QED) is 0.806. The lowest BCUT2D eigenvalue weighted by Crippen LogP contribution is -2.04. The molecule has 0 saturated carbocycles. The maximum absolute atomic E-state index is 9.33. The Hall–Kier alpha value is 0.01000. The van der Waals surface area contributed by atoms with Gasteiger partial charge < -0.3 is 5.11 Å². The van der Waals surface area contributed by atoms with Crippen molar-refractivity contribution in [3.05, 3.63) is 34.3 Å². The third kappa shape index (κ3) is 4.58. The van der Waals surface area contributed by atoms with Gasteiger partial charge in [0.1, 0.15) is 0 Å². The average molecular weight is 289 g/mol. The van der Waals surface area contributed by atoms with Crippen molar-refractivity contribution >= 4 is 27.7 Å². The Labute approximate surface area is 104 Å². The van der Waals surface area contributed by atoms with Crippen molar-refractivity contribution in [1.29, 1.82) is 0 Å². The summed E-state index contributed by atoms with van der Waals surface area (Å²) in [6.45, 7) is 0.246. The van der Waals surface area contributed by atoms with E-state index in [1.165, 1.54) is 17.7 Å². The van der Waals surface area contributed by atoms with E-state index in [1.54, 1.807) is 0 Å². The fraction of sp³-hybridized carbons (Fsp3) is 0.500. The predicted octanol–water partition coefficient (Wildman–Crippen LogP) is 3.67. The summed E-state index contributed by atoms with van der Waals surface area (Å²) >= 11 is 5.28. The Bertz CT molecular complexity index is 273. The van der Waals surface area contributed by atoms with Gasteiger partial charge >= 0.3 is 0 Å². The van der Waals surface area contributed by atoms with E-state index in [4.69, 9.17) is 0 Å². The van der Waals surface area contributed by atoms with Gasteiger partial charge in [-0.05, 0) is 42.5 Å². The molecular formula is C12H17BrOS. The molecule has 0 aromatic heterocycles. The number of aliphatic hydroxyl groups is 1. The monoisotopic (exact) mass is 288 g/mol. The number of halogens is 1. The van der Waals surface area contributed by atoms with E-state index in [-0.39, 0.29) is 6.61 Å². The predicted molar refractivity (Wildman–Crippen MR) is 71.6 cm³/mol. The van der Waals surface area contributed by atoms with Crippen molar-refractivity contribution in [2.75, 3.05) is 18.6 Å². The lowest BCUT2D eigenvalue weighted by molar-refractivity contribution is 0.259. The summed E-state index contributed by atoms with van der Waals surface area (Å²) in [5.41, 5.74) is 1.24. The Morgan fingerprint density at radius 1 is 1.33 bits per heavy atom. The summed E-state index contributed by atoms with van der Waals surface area (Å²) in [5.74, 6) is 1.47. The fourth-order valence-corrected chi connectivity index (χ4v) is 2.29. The number of hydrogen-bond acceptors (Lipinski definition) is 2. The zero-order valence-corrected chi connectivity index (χ0v) is 11.4. The minimum absolute atomic E-state index is 0.246. The molecule has 1 atom stereocenters. The summed E-state index contributed by atoms with van der Waals surface area (Å²) in [7, 11) is 0. The molecule has 0 aliphatic rings. The van der Waals surface area contributed by atoms with E-state index in [0.29, 0.717) is 5.92 Å². The first kappa shape index (κ1) is 13.1. The van der Waals surface area contributed by atoms with Crippen LogP contribution in [0.15, 0.2) is 28.7 Å². The first-order valence-corrected chi connectivity index (χ1v) is 7.32. The number of rotatable bonds is 6. The van der Waals surface area contributed by atoms with E-state index in [2.05, 4.69) is 34.3 Å². The third-order valence-electron chi connectivity index (χ3n) is 2.46. The maximum Gasteiger partial charge on any atom is 0.0499 e. The zero-order chi connectivity index (χ0) is 11.1. The topological polar surface area (TPSA) is 20.2 Å². The minimum Gasteiger partial charge on any atom is -0.396 e. The van der Waals surface area contributed by atoms with E-state index >= 15 is 0 Å². The van der Waals surface area contributed by atoms with Crippen molar-refractivity contribution in [1.82, 2.24) is 0 Å².